The van der Waals surface area contributed by atoms with Crippen molar-refractivity contribution in [3.05, 3.63) is 29.6 Å². The first-order valence-electron chi connectivity index (χ1n) is 3.72. The summed E-state index contributed by atoms with van der Waals surface area (Å²) in [6.07, 6.45) is -1.48. The molecule has 78 valence electrons. The first kappa shape index (κ1) is 11.3. The van der Waals surface area contributed by atoms with Crippen molar-refractivity contribution < 1.29 is 17.4 Å². The molecule has 1 aromatic rings. The van der Waals surface area contributed by atoms with Crippen LogP contribution in [0.15, 0.2) is 18.3 Å². The van der Waals surface area contributed by atoms with E-state index in [2.05, 4.69) is 4.98 Å². The number of halogens is 3. The van der Waals surface area contributed by atoms with Crippen LogP contribution in [0.4, 0.5) is 13.2 Å². The predicted octanol–water partition coefficient (Wildman–Crippen LogP) is 2.90. The molecule has 1 heterocycles. The van der Waals surface area contributed by atoms with Gasteiger partial charge in [-0.05, 0) is 23.7 Å². The average molecular weight is 223 g/mol. The molecule has 0 fully saturated rings. The van der Waals surface area contributed by atoms with Crippen LogP contribution in [-0.2, 0) is 17.0 Å². The Morgan fingerprint density at radius 3 is 2.57 bits per heavy atom. The minimum atomic E-state index is -4.38. The van der Waals surface area contributed by atoms with Gasteiger partial charge in [-0.1, -0.05) is 6.07 Å². The van der Waals surface area contributed by atoms with E-state index >= 15 is 0 Å². The van der Waals surface area contributed by atoms with E-state index in [0.29, 0.717) is 5.56 Å². The second-order valence-corrected chi connectivity index (χ2v) is 3.05. The second kappa shape index (κ2) is 4.65. The Hall–Kier alpha value is -0.750. The Balaban J connectivity index is 2.69. The molecule has 0 atom stereocenters. The van der Waals surface area contributed by atoms with Crippen LogP contribution in [0.1, 0.15) is 11.3 Å². The summed E-state index contributed by atoms with van der Waals surface area (Å²) in [6, 6.07) is 2.30. The number of aromatic nitrogens is 1. The quantitative estimate of drug-likeness (QED) is 0.735. The minimum absolute atomic E-state index is 0.256. The highest BCUT2D eigenvalue weighted by atomic mass is 32.2. The van der Waals surface area contributed by atoms with E-state index in [1.165, 1.54) is 12.3 Å². The Kier molecular flexibility index (Phi) is 3.77. The van der Waals surface area contributed by atoms with Crippen molar-refractivity contribution in [1.82, 2.24) is 4.98 Å². The van der Waals surface area contributed by atoms with Crippen molar-refractivity contribution in [2.75, 3.05) is 6.26 Å². The summed E-state index contributed by atoms with van der Waals surface area (Å²) in [5.41, 5.74) is -0.266. The van der Waals surface area contributed by atoms with Gasteiger partial charge in [0.2, 0.25) is 0 Å². The zero-order chi connectivity index (χ0) is 10.6. The van der Waals surface area contributed by atoms with Gasteiger partial charge < -0.3 is 4.18 Å². The van der Waals surface area contributed by atoms with Gasteiger partial charge in [0.05, 0.1) is 6.61 Å². The SMILES string of the molecule is CSOCc1ccc(C(F)(F)F)nc1. The zero-order valence-corrected chi connectivity index (χ0v) is 8.15. The van der Waals surface area contributed by atoms with Gasteiger partial charge >= 0.3 is 6.18 Å². The molecule has 0 amide bonds. The lowest BCUT2D eigenvalue weighted by Gasteiger charge is -2.05. The number of nitrogens with zero attached hydrogens (tertiary/aromatic N) is 1. The largest absolute Gasteiger partial charge is 0.433 e. The van der Waals surface area contributed by atoms with Crippen molar-refractivity contribution >= 4 is 12.0 Å². The molecule has 0 aliphatic heterocycles. The smallest absolute Gasteiger partial charge is 0.311 e. The van der Waals surface area contributed by atoms with Gasteiger partial charge in [0.15, 0.2) is 0 Å². The Bertz CT molecular complexity index is 286. The van der Waals surface area contributed by atoms with Gasteiger partial charge in [-0.25, -0.2) is 0 Å². The predicted molar refractivity (Wildman–Crippen MR) is 47.5 cm³/mol. The molecule has 2 nitrogen and oxygen atoms in total. The maximum absolute atomic E-state index is 12.1. The Morgan fingerprint density at radius 2 is 2.14 bits per heavy atom. The third-order valence-electron chi connectivity index (χ3n) is 1.46. The van der Waals surface area contributed by atoms with E-state index in [4.69, 9.17) is 4.18 Å². The van der Waals surface area contributed by atoms with E-state index in [1.807, 2.05) is 0 Å². The number of pyridine rings is 1. The summed E-state index contributed by atoms with van der Waals surface area (Å²) in [5, 5.41) is 0. The first-order valence-corrected chi connectivity index (χ1v) is 4.87. The summed E-state index contributed by atoms with van der Waals surface area (Å²) in [6.45, 7) is 0.256. The maximum Gasteiger partial charge on any atom is 0.433 e. The van der Waals surface area contributed by atoms with E-state index in [0.717, 1.165) is 18.1 Å². The molecule has 0 radical (unpaired) electrons. The lowest BCUT2D eigenvalue weighted by Crippen LogP contribution is -2.07. The zero-order valence-electron chi connectivity index (χ0n) is 7.34. The van der Waals surface area contributed by atoms with Gasteiger partial charge in [0, 0.05) is 12.5 Å². The van der Waals surface area contributed by atoms with Crippen LogP contribution >= 0.6 is 12.0 Å². The highest BCUT2D eigenvalue weighted by Gasteiger charge is 2.31. The molecule has 1 rings (SSSR count). The number of hydrogen-bond donors (Lipinski definition) is 0. The third-order valence-corrected chi connectivity index (χ3v) is 1.81. The van der Waals surface area contributed by atoms with Crippen molar-refractivity contribution in [3.8, 4) is 0 Å². The van der Waals surface area contributed by atoms with Crippen LogP contribution in [0.25, 0.3) is 0 Å². The van der Waals surface area contributed by atoms with Crippen LogP contribution in [-0.4, -0.2) is 11.2 Å². The van der Waals surface area contributed by atoms with Crippen molar-refractivity contribution in [3.63, 3.8) is 0 Å². The van der Waals surface area contributed by atoms with Crippen molar-refractivity contribution in [1.29, 1.82) is 0 Å². The third kappa shape index (κ3) is 3.19. The molecule has 1 aromatic heterocycles. The van der Waals surface area contributed by atoms with Crippen molar-refractivity contribution in [2.24, 2.45) is 0 Å². The average Bonchev–Trinajstić information content (AvgIpc) is 2.14. The molecular weight excluding hydrogens is 215 g/mol. The molecule has 0 bridgehead atoms. The first-order chi connectivity index (χ1) is 6.54. The van der Waals surface area contributed by atoms with Gasteiger partial charge in [-0.15, -0.1) is 0 Å². The monoisotopic (exact) mass is 223 g/mol. The van der Waals surface area contributed by atoms with Crippen LogP contribution in [0.5, 0.6) is 0 Å². The fraction of sp³-hybridized carbons (Fsp3) is 0.375. The summed E-state index contributed by atoms with van der Waals surface area (Å²) < 4.78 is 41.2. The highest BCUT2D eigenvalue weighted by molar-refractivity contribution is 7.93. The summed E-state index contributed by atoms with van der Waals surface area (Å²) in [4.78, 5) is 3.29. The van der Waals surface area contributed by atoms with Crippen LogP contribution in [0.3, 0.4) is 0 Å². The molecule has 0 saturated heterocycles. The standard InChI is InChI=1S/C8H8F3NOS/c1-14-13-5-6-2-3-7(12-4-6)8(9,10)11/h2-4H,5H2,1H3. The van der Waals surface area contributed by atoms with Crippen LogP contribution in [0.2, 0.25) is 0 Å². The van der Waals surface area contributed by atoms with Gasteiger partial charge in [0.1, 0.15) is 5.69 Å². The van der Waals surface area contributed by atoms with Crippen LogP contribution < -0.4 is 0 Å². The summed E-state index contributed by atoms with van der Waals surface area (Å²) in [5.74, 6) is 0. The number of hydrogen-bond acceptors (Lipinski definition) is 3. The van der Waals surface area contributed by atoms with Gasteiger partial charge in [0.25, 0.3) is 0 Å². The molecule has 14 heavy (non-hydrogen) atoms. The molecule has 0 aliphatic rings. The maximum atomic E-state index is 12.1. The van der Waals surface area contributed by atoms with E-state index in [9.17, 15) is 13.2 Å². The van der Waals surface area contributed by atoms with E-state index in [1.54, 1.807) is 6.26 Å². The van der Waals surface area contributed by atoms with E-state index in [-0.39, 0.29) is 6.61 Å². The number of alkyl halides is 3. The fourth-order valence-corrected chi connectivity index (χ4v) is 1.06. The molecule has 0 aliphatic carbocycles. The summed E-state index contributed by atoms with van der Waals surface area (Å²) in [7, 11) is 0. The lowest BCUT2D eigenvalue weighted by atomic mass is 10.2. The molecule has 0 N–H and O–H groups in total. The molecule has 0 aromatic carbocycles. The van der Waals surface area contributed by atoms with Gasteiger partial charge in [-0.2, -0.15) is 13.2 Å². The molecule has 0 unspecified atom stereocenters. The Morgan fingerprint density at radius 1 is 1.43 bits per heavy atom. The lowest BCUT2D eigenvalue weighted by molar-refractivity contribution is -0.141. The molecule has 0 saturated carbocycles. The molecular formula is C8H8F3NOS. The van der Waals surface area contributed by atoms with E-state index < -0.39 is 11.9 Å². The fourth-order valence-electron chi connectivity index (χ4n) is 0.805. The summed E-state index contributed by atoms with van der Waals surface area (Å²) >= 11 is 1.16. The normalized spacial score (nSPS) is 11.7. The highest BCUT2D eigenvalue weighted by Crippen LogP contribution is 2.27. The topological polar surface area (TPSA) is 22.1 Å². The molecule has 0 spiro atoms. The van der Waals surface area contributed by atoms with Gasteiger partial charge in [-0.3, -0.25) is 4.98 Å². The van der Waals surface area contributed by atoms with Crippen molar-refractivity contribution in [2.45, 2.75) is 12.8 Å². The second-order valence-electron chi connectivity index (χ2n) is 2.48. The minimum Gasteiger partial charge on any atom is -0.311 e. The van der Waals surface area contributed by atoms with Crippen LogP contribution in [0, 0.1) is 0 Å². The number of rotatable bonds is 3. The molecule has 6 heteroatoms. The Labute approximate surface area is 83.7 Å².